The predicted octanol–water partition coefficient (Wildman–Crippen LogP) is 3.65. The van der Waals surface area contributed by atoms with Crippen LogP contribution in [0.25, 0.3) is 0 Å². The highest BCUT2D eigenvalue weighted by atomic mass is 32.1. The van der Waals surface area contributed by atoms with E-state index in [1.165, 1.54) is 23.5 Å². The zero-order valence-electron chi connectivity index (χ0n) is 12.1. The van der Waals surface area contributed by atoms with Crippen LogP contribution >= 0.6 is 11.3 Å². The van der Waals surface area contributed by atoms with Gasteiger partial charge in [0.1, 0.15) is 11.5 Å². The summed E-state index contributed by atoms with van der Waals surface area (Å²) in [6.07, 6.45) is 5.01. The molecule has 0 aliphatic heterocycles. The van der Waals surface area contributed by atoms with Crippen molar-refractivity contribution < 1.29 is 8.78 Å². The van der Waals surface area contributed by atoms with Crippen molar-refractivity contribution >= 4 is 23.2 Å². The average molecular weight is 330 g/mol. The number of rotatable bonds is 3. The van der Waals surface area contributed by atoms with Gasteiger partial charge in [0.2, 0.25) is 4.80 Å². The summed E-state index contributed by atoms with van der Waals surface area (Å²) in [6.45, 7) is 1.88. The van der Waals surface area contributed by atoms with Crippen molar-refractivity contribution in [3.63, 3.8) is 0 Å². The van der Waals surface area contributed by atoms with Gasteiger partial charge < -0.3 is 0 Å². The number of hydrogen-bond donors (Lipinski definition) is 0. The summed E-state index contributed by atoms with van der Waals surface area (Å²) in [6, 6.07) is 6.93. The van der Waals surface area contributed by atoms with Crippen LogP contribution in [0, 0.1) is 18.6 Å². The quantitative estimate of drug-likeness (QED) is 0.676. The van der Waals surface area contributed by atoms with E-state index in [2.05, 4.69) is 15.1 Å². The minimum atomic E-state index is -0.708. The van der Waals surface area contributed by atoms with Crippen LogP contribution in [0.3, 0.4) is 0 Å². The molecule has 116 valence electrons. The lowest BCUT2D eigenvalue weighted by molar-refractivity contribution is 0.584. The second-order valence-corrected chi connectivity index (χ2v) is 5.54. The van der Waals surface area contributed by atoms with Gasteiger partial charge in [0.05, 0.1) is 11.9 Å². The molecule has 0 bridgehead atoms. The Bertz CT molecular complexity index is 913. The molecular weight excluding hydrogens is 318 g/mol. The predicted molar refractivity (Wildman–Crippen MR) is 85.9 cm³/mol. The van der Waals surface area contributed by atoms with Crippen molar-refractivity contribution in [3.05, 3.63) is 75.8 Å². The number of halogens is 2. The van der Waals surface area contributed by atoms with Crippen molar-refractivity contribution in [1.29, 1.82) is 0 Å². The van der Waals surface area contributed by atoms with Crippen molar-refractivity contribution in [3.8, 4) is 0 Å². The van der Waals surface area contributed by atoms with E-state index >= 15 is 0 Å². The highest BCUT2D eigenvalue weighted by molar-refractivity contribution is 7.07. The summed E-state index contributed by atoms with van der Waals surface area (Å²) in [4.78, 5) is 8.67. The minimum absolute atomic E-state index is 0.0705. The van der Waals surface area contributed by atoms with E-state index in [0.29, 0.717) is 4.80 Å². The van der Waals surface area contributed by atoms with Gasteiger partial charge >= 0.3 is 0 Å². The highest BCUT2D eigenvalue weighted by Crippen LogP contribution is 2.18. The summed E-state index contributed by atoms with van der Waals surface area (Å²) in [7, 11) is 0. The van der Waals surface area contributed by atoms with Gasteiger partial charge in [-0.1, -0.05) is 0 Å². The Morgan fingerprint density at radius 3 is 2.70 bits per heavy atom. The molecule has 0 spiro atoms. The molecule has 0 saturated carbocycles. The topological polar surface area (TPSA) is 42.5 Å². The molecule has 0 fully saturated rings. The molecule has 0 saturated heterocycles. The first-order valence-electron chi connectivity index (χ1n) is 6.75. The monoisotopic (exact) mass is 330 g/mol. The lowest BCUT2D eigenvalue weighted by Gasteiger charge is -1.99. The van der Waals surface area contributed by atoms with E-state index in [9.17, 15) is 8.78 Å². The lowest BCUT2D eigenvalue weighted by Crippen LogP contribution is -2.11. The van der Waals surface area contributed by atoms with Crippen molar-refractivity contribution in [2.24, 2.45) is 10.1 Å². The maximum Gasteiger partial charge on any atom is 0.211 e. The van der Waals surface area contributed by atoms with Crippen LogP contribution < -0.4 is 4.80 Å². The molecule has 2 aromatic heterocycles. The molecule has 4 nitrogen and oxygen atoms in total. The molecule has 23 heavy (non-hydrogen) atoms. The van der Waals surface area contributed by atoms with E-state index in [4.69, 9.17) is 0 Å². The molecule has 3 rings (SSSR count). The summed E-state index contributed by atoms with van der Waals surface area (Å²) in [5.41, 5.74) is 1.82. The standard InChI is InChI=1S/C16H12F2N4S/c1-11-10-23-16(21-15-3-2-13(17)8-14(15)18)22(11)20-9-12-4-6-19-7-5-12/h2-10H,1H3. The maximum atomic E-state index is 13.7. The SMILES string of the molecule is Cc1csc(=Nc2ccc(F)cc2F)n1N=Cc1ccncc1. The molecule has 7 heteroatoms. The number of aromatic nitrogens is 2. The minimum Gasteiger partial charge on any atom is -0.265 e. The third kappa shape index (κ3) is 3.57. The number of nitrogens with zero attached hydrogens (tertiary/aromatic N) is 4. The first kappa shape index (κ1) is 15.2. The number of hydrogen-bond acceptors (Lipinski definition) is 4. The first-order valence-corrected chi connectivity index (χ1v) is 7.63. The van der Waals surface area contributed by atoms with E-state index in [1.54, 1.807) is 23.3 Å². The molecule has 0 N–H and O–H groups in total. The van der Waals surface area contributed by atoms with Crippen LogP contribution in [0.2, 0.25) is 0 Å². The van der Waals surface area contributed by atoms with Gasteiger partial charge in [-0.2, -0.15) is 5.10 Å². The third-order valence-electron chi connectivity index (χ3n) is 3.00. The van der Waals surface area contributed by atoms with Gasteiger partial charge in [0.15, 0.2) is 5.82 Å². The van der Waals surface area contributed by atoms with Crippen LogP contribution in [0.15, 0.2) is 58.2 Å². The normalized spacial score (nSPS) is 12.2. The fourth-order valence-electron chi connectivity index (χ4n) is 1.85. The maximum absolute atomic E-state index is 13.7. The van der Waals surface area contributed by atoms with Crippen molar-refractivity contribution in [2.75, 3.05) is 0 Å². The van der Waals surface area contributed by atoms with Crippen LogP contribution in [-0.4, -0.2) is 15.9 Å². The van der Waals surface area contributed by atoms with Gasteiger partial charge in [-0.3, -0.25) is 4.98 Å². The Labute approximate surface area is 135 Å². The summed E-state index contributed by atoms with van der Waals surface area (Å²) >= 11 is 1.33. The highest BCUT2D eigenvalue weighted by Gasteiger charge is 2.04. The Hall–Kier alpha value is -2.67. The lowest BCUT2D eigenvalue weighted by atomic mass is 10.3. The van der Waals surface area contributed by atoms with Gasteiger partial charge in [-0.05, 0) is 36.8 Å². The van der Waals surface area contributed by atoms with E-state index in [1.807, 2.05) is 24.4 Å². The van der Waals surface area contributed by atoms with Gasteiger partial charge in [-0.25, -0.2) is 18.4 Å². The van der Waals surface area contributed by atoms with Gasteiger partial charge in [0, 0.05) is 23.8 Å². The Morgan fingerprint density at radius 2 is 1.96 bits per heavy atom. The third-order valence-corrected chi connectivity index (χ3v) is 3.94. The second kappa shape index (κ2) is 6.62. The molecule has 0 radical (unpaired) electrons. The Morgan fingerprint density at radius 1 is 1.17 bits per heavy atom. The van der Waals surface area contributed by atoms with Crippen molar-refractivity contribution in [1.82, 2.24) is 9.66 Å². The number of aryl methyl sites for hydroxylation is 1. The number of benzene rings is 1. The Balaban J connectivity index is 2.02. The van der Waals surface area contributed by atoms with Gasteiger partial charge in [-0.15, -0.1) is 11.3 Å². The van der Waals surface area contributed by atoms with E-state index < -0.39 is 11.6 Å². The number of thiazole rings is 1. The Kier molecular flexibility index (Phi) is 4.38. The van der Waals surface area contributed by atoms with Gasteiger partial charge in [0.25, 0.3) is 0 Å². The molecule has 0 aliphatic rings. The fraction of sp³-hybridized carbons (Fsp3) is 0.0625. The van der Waals surface area contributed by atoms with Crippen LogP contribution in [-0.2, 0) is 0 Å². The fourth-order valence-corrected chi connectivity index (χ4v) is 2.67. The molecule has 1 aromatic carbocycles. The second-order valence-electron chi connectivity index (χ2n) is 4.70. The largest absolute Gasteiger partial charge is 0.265 e. The molecule has 0 aliphatic carbocycles. The van der Waals surface area contributed by atoms with Crippen LogP contribution in [0.1, 0.15) is 11.3 Å². The zero-order valence-corrected chi connectivity index (χ0v) is 13.0. The molecule has 0 unspecified atom stereocenters. The molecular formula is C16H12F2N4S. The molecule has 0 amide bonds. The van der Waals surface area contributed by atoms with Crippen LogP contribution in [0.5, 0.6) is 0 Å². The first-order chi connectivity index (χ1) is 11.1. The summed E-state index contributed by atoms with van der Waals surface area (Å²) in [5, 5.41) is 6.23. The molecule has 3 aromatic rings. The van der Waals surface area contributed by atoms with E-state index in [-0.39, 0.29) is 5.69 Å². The summed E-state index contributed by atoms with van der Waals surface area (Å²) < 4.78 is 28.3. The summed E-state index contributed by atoms with van der Waals surface area (Å²) in [5.74, 6) is -1.34. The zero-order chi connectivity index (χ0) is 16.2. The average Bonchev–Trinajstić information content (AvgIpc) is 2.89. The molecule has 0 atom stereocenters. The number of pyridine rings is 1. The van der Waals surface area contributed by atoms with Crippen molar-refractivity contribution in [2.45, 2.75) is 6.92 Å². The molecule has 2 heterocycles. The van der Waals surface area contributed by atoms with Crippen LogP contribution in [0.4, 0.5) is 14.5 Å². The smallest absolute Gasteiger partial charge is 0.211 e. The van der Waals surface area contributed by atoms with E-state index in [0.717, 1.165) is 17.3 Å².